The quantitative estimate of drug-likeness (QED) is 0.597. The molecule has 0 radical (unpaired) electrons. The molecule has 1 aromatic rings. The predicted molar refractivity (Wildman–Crippen MR) is 63.2 cm³/mol. The van der Waals surface area contributed by atoms with Crippen LogP contribution in [0, 0.1) is 5.41 Å². The zero-order chi connectivity index (χ0) is 11.5. The van der Waals surface area contributed by atoms with Crippen LogP contribution in [0.25, 0.3) is 5.76 Å². The zero-order valence-corrected chi connectivity index (χ0v) is 9.29. The summed E-state index contributed by atoms with van der Waals surface area (Å²) in [6, 6.07) is 3.77. The second-order valence-corrected chi connectivity index (χ2v) is 3.66. The molecule has 1 aliphatic carbocycles. The summed E-state index contributed by atoms with van der Waals surface area (Å²) >= 11 is 0. The summed E-state index contributed by atoms with van der Waals surface area (Å²) < 4.78 is 5.53. The highest BCUT2D eigenvalue weighted by molar-refractivity contribution is 5.93. The molecular weight excluding hydrogens is 202 g/mol. The lowest BCUT2D eigenvalue weighted by molar-refractivity contribution is 0.294. The number of amidine groups is 1. The van der Waals surface area contributed by atoms with Crippen LogP contribution >= 0.6 is 0 Å². The monoisotopic (exact) mass is 217 g/mol. The molecule has 0 bridgehead atoms. The first-order chi connectivity index (χ1) is 7.72. The molecule has 1 heterocycles. The highest BCUT2D eigenvalue weighted by atomic mass is 16.5. The molecule has 84 valence electrons. The SMILES string of the molecule is CCOC1=CCCc2ccc(C(=N)N)nc21. The van der Waals surface area contributed by atoms with Crippen molar-refractivity contribution in [2.24, 2.45) is 5.73 Å². The van der Waals surface area contributed by atoms with Gasteiger partial charge in [-0.1, -0.05) is 6.07 Å². The maximum Gasteiger partial charge on any atom is 0.141 e. The van der Waals surface area contributed by atoms with E-state index >= 15 is 0 Å². The molecule has 0 atom stereocenters. The van der Waals surface area contributed by atoms with Gasteiger partial charge in [0, 0.05) is 0 Å². The van der Waals surface area contributed by atoms with Crippen LogP contribution in [0.2, 0.25) is 0 Å². The molecule has 0 aliphatic heterocycles. The van der Waals surface area contributed by atoms with Crippen LogP contribution in [0.4, 0.5) is 0 Å². The van der Waals surface area contributed by atoms with Gasteiger partial charge in [0.15, 0.2) is 0 Å². The standard InChI is InChI=1S/C12H15N3O/c1-2-16-10-5-3-4-8-6-7-9(12(13)14)15-11(8)10/h5-7H,2-4H2,1H3,(H3,13,14). The Bertz CT molecular complexity index is 452. The van der Waals surface area contributed by atoms with Gasteiger partial charge >= 0.3 is 0 Å². The van der Waals surface area contributed by atoms with Crippen molar-refractivity contribution in [3.8, 4) is 0 Å². The number of nitrogens with zero attached hydrogens (tertiary/aromatic N) is 1. The molecule has 16 heavy (non-hydrogen) atoms. The van der Waals surface area contributed by atoms with E-state index in [-0.39, 0.29) is 5.84 Å². The third kappa shape index (κ3) is 1.91. The number of nitrogens with one attached hydrogen (secondary N) is 1. The smallest absolute Gasteiger partial charge is 0.141 e. The van der Waals surface area contributed by atoms with Crippen molar-refractivity contribution in [3.63, 3.8) is 0 Å². The Kier molecular flexibility index (Phi) is 2.90. The first-order valence-electron chi connectivity index (χ1n) is 5.40. The van der Waals surface area contributed by atoms with Crippen LogP contribution in [-0.4, -0.2) is 17.4 Å². The van der Waals surface area contributed by atoms with Crippen molar-refractivity contribution in [1.82, 2.24) is 4.98 Å². The Balaban J connectivity index is 2.43. The number of rotatable bonds is 3. The van der Waals surface area contributed by atoms with Crippen LogP contribution in [0.5, 0.6) is 0 Å². The highest BCUT2D eigenvalue weighted by Gasteiger charge is 2.16. The number of nitrogen functional groups attached to an aromatic ring is 1. The van der Waals surface area contributed by atoms with E-state index in [0.29, 0.717) is 12.3 Å². The second kappa shape index (κ2) is 4.35. The van der Waals surface area contributed by atoms with E-state index in [0.717, 1.165) is 29.9 Å². The zero-order valence-electron chi connectivity index (χ0n) is 9.29. The summed E-state index contributed by atoms with van der Waals surface area (Å²) in [5.41, 5.74) is 7.93. The van der Waals surface area contributed by atoms with Crippen LogP contribution in [0.3, 0.4) is 0 Å². The molecule has 0 amide bonds. The van der Waals surface area contributed by atoms with E-state index in [1.807, 2.05) is 19.1 Å². The van der Waals surface area contributed by atoms with Crippen molar-refractivity contribution in [3.05, 3.63) is 35.2 Å². The minimum atomic E-state index is -0.00998. The van der Waals surface area contributed by atoms with Crippen molar-refractivity contribution < 1.29 is 4.74 Å². The molecule has 1 aromatic heterocycles. The fourth-order valence-corrected chi connectivity index (χ4v) is 1.79. The normalized spacial score (nSPS) is 13.9. The lowest BCUT2D eigenvalue weighted by atomic mass is 10.00. The number of allylic oxidation sites excluding steroid dienone is 1. The lowest BCUT2D eigenvalue weighted by Gasteiger charge is -2.17. The van der Waals surface area contributed by atoms with Crippen molar-refractivity contribution >= 4 is 11.6 Å². The first-order valence-corrected chi connectivity index (χ1v) is 5.40. The number of aryl methyl sites for hydroxylation is 1. The average Bonchev–Trinajstić information content (AvgIpc) is 2.29. The van der Waals surface area contributed by atoms with Gasteiger partial charge in [0.25, 0.3) is 0 Å². The Morgan fingerprint density at radius 3 is 3.06 bits per heavy atom. The van der Waals surface area contributed by atoms with Crippen molar-refractivity contribution in [2.75, 3.05) is 6.61 Å². The van der Waals surface area contributed by atoms with Gasteiger partial charge in [-0.2, -0.15) is 0 Å². The maximum absolute atomic E-state index is 7.38. The van der Waals surface area contributed by atoms with E-state index < -0.39 is 0 Å². The van der Waals surface area contributed by atoms with Gasteiger partial charge in [-0.3, -0.25) is 5.41 Å². The number of pyridine rings is 1. The van der Waals surface area contributed by atoms with E-state index in [4.69, 9.17) is 15.9 Å². The predicted octanol–water partition coefficient (Wildman–Crippen LogP) is 1.69. The highest BCUT2D eigenvalue weighted by Crippen LogP contribution is 2.25. The minimum absolute atomic E-state index is 0.00998. The van der Waals surface area contributed by atoms with Gasteiger partial charge in [-0.25, -0.2) is 4.98 Å². The topological polar surface area (TPSA) is 72.0 Å². The number of nitrogens with two attached hydrogens (primary N) is 1. The molecule has 2 rings (SSSR count). The summed E-state index contributed by atoms with van der Waals surface area (Å²) in [5.74, 6) is 0.802. The molecular formula is C12H15N3O. The van der Waals surface area contributed by atoms with Crippen LogP contribution in [0.15, 0.2) is 18.2 Å². The summed E-state index contributed by atoms with van der Waals surface area (Å²) in [4.78, 5) is 4.37. The van der Waals surface area contributed by atoms with E-state index in [1.165, 1.54) is 0 Å². The van der Waals surface area contributed by atoms with Crippen molar-refractivity contribution in [2.45, 2.75) is 19.8 Å². The number of fused-ring (bicyclic) bond motifs is 1. The number of ether oxygens (including phenoxy) is 1. The van der Waals surface area contributed by atoms with Crippen LogP contribution in [0.1, 0.15) is 30.3 Å². The van der Waals surface area contributed by atoms with E-state index in [2.05, 4.69) is 4.98 Å². The Labute approximate surface area is 94.6 Å². The van der Waals surface area contributed by atoms with Gasteiger partial charge in [-0.15, -0.1) is 0 Å². The molecule has 4 nitrogen and oxygen atoms in total. The molecule has 0 fully saturated rings. The van der Waals surface area contributed by atoms with E-state index in [1.54, 1.807) is 6.07 Å². The van der Waals surface area contributed by atoms with Gasteiger partial charge in [0.05, 0.1) is 6.61 Å². The minimum Gasteiger partial charge on any atom is -0.492 e. The third-order valence-electron chi connectivity index (χ3n) is 2.53. The molecule has 1 aliphatic rings. The molecule has 4 heteroatoms. The Morgan fingerprint density at radius 2 is 2.38 bits per heavy atom. The maximum atomic E-state index is 7.38. The summed E-state index contributed by atoms with van der Waals surface area (Å²) in [5, 5.41) is 7.38. The third-order valence-corrected chi connectivity index (χ3v) is 2.53. The molecule has 3 N–H and O–H groups in total. The molecule has 0 spiro atoms. The fourth-order valence-electron chi connectivity index (χ4n) is 1.79. The summed E-state index contributed by atoms with van der Waals surface area (Å²) in [6.07, 6.45) is 3.99. The molecule has 0 aromatic carbocycles. The van der Waals surface area contributed by atoms with Gasteiger partial charge in [0.1, 0.15) is 23.0 Å². The van der Waals surface area contributed by atoms with Crippen molar-refractivity contribution in [1.29, 1.82) is 5.41 Å². The summed E-state index contributed by atoms with van der Waals surface area (Å²) in [7, 11) is 0. The van der Waals surface area contributed by atoms with Crippen LogP contribution < -0.4 is 5.73 Å². The molecule has 0 saturated heterocycles. The number of hydrogen-bond donors (Lipinski definition) is 2. The lowest BCUT2D eigenvalue weighted by Crippen LogP contribution is -2.16. The van der Waals surface area contributed by atoms with Gasteiger partial charge in [-0.05, 0) is 37.5 Å². The average molecular weight is 217 g/mol. The van der Waals surface area contributed by atoms with E-state index in [9.17, 15) is 0 Å². The van der Waals surface area contributed by atoms with Gasteiger partial charge in [0.2, 0.25) is 0 Å². The summed E-state index contributed by atoms with van der Waals surface area (Å²) in [6.45, 7) is 2.57. The van der Waals surface area contributed by atoms with Gasteiger partial charge < -0.3 is 10.5 Å². The van der Waals surface area contributed by atoms with Crippen LogP contribution in [-0.2, 0) is 11.2 Å². The second-order valence-electron chi connectivity index (χ2n) is 3.66. The Morgan fingerprint density at radius 1 is 1.56 bits per heavy atom. The molecule has 0 unspecified atom stereocenters. The Hall–Kier alpha value is -1.84. The molecule has 0 saturated carbocycles. The largest absolute Gasteiger partial charge is 0.492 e. The number of aromatic nitrogens is 1. The number of hydrogen-bond acceptors (Lipinski definition) is 3. The fraction of sp³-hybridized carbons (Fsp3) is 0.333. The first kappa shape index (κ1) is 10.7.